The molecule has 2 aromatic rings. The molecule has 0 N–H and O–H groups in total. The largest absolute Gasteiger partial charge is 0.0839 e. The maximum atomic E-state index is 3.35. The van der Waals surface area contributed by atoms with Crippen LogP contribution in [0.5, 0.6) is 0 Å². The molecule has 3 rings (SSSR count). The number of unbranched alkanes of at least 4 members (excludes halogenated alkanes) is 8. The standard InChI is InChI=1S/C37H52/c1-3-5-7-9-11-13-15-33-18-22-35(23-19-33)25-27-37-30-28-36(29-31-37)26-24-34-20-16-32(17-21-34)14-12-10-8-6-4-2/h12,14,16-17,20-21,28-31,33,35H,3-11,13,15,18-19,22-23,25,27H2,1-2H3/b14-12+. The average Bonchev–Trinajstić information content (AvgIpc) is 2.94. The number of hydrogen-bond acceptors (Lipinski definition) is 0. The summed E-state index contributed by atoms with van der Waals surface area (Å²) in [6, 6.07) is 17.6. The second-order valence-electron chi connectivity index (χ2n) is 11.4. The third-order valence-electron chi connectivity index (χ3n) is 8.27. The molecule has 0 heterocycles. The summed E-state index contributed by atoms with van der Waals surface area (Å²) in [5.74, 6) is 8.64. The number of hydrogen-bond donors (Lipinski definition) is 0. The first kappa shape index (κ1) is 29.3. The first-order valence-corrected chi connectivity index (χ1v) is 15.6. The molecule has 0 radical (unpaired) electrons. The highest BCUT2D eigenvalue weighted by molar-refractivity contribution is 5.52. The Morgan fingerprint density at radius 1 is 0.622 bits per heavy atom. The second-order valence-corrected chi connectivity index (χ2v) is 11.4. The van der Waals surface area contributed by atoms with Crippen LogP contribution in [-0.4, -0.2) is 0 Å². The van der Waals surface area contributed by atoms with Gasteiger partial charge in [-0.05, 0) is 72.9 Å². The summed E-state index contributed by atoms with van der Waals surface area (Å²) >= 11 is 0. The predicted octanol–water partition coefficient (Wildman–Crippen LogP) is 11.2. The Hall–Kier alpha value is -2.26. The van der Waals surface area contributed by atoms with Crippen LogP contribution in [0.15, 0.2) is 54.6 Å². The molecule has 1 aliphatic rings. The fraction of sp³-hybridized carbons (Fsp3) is 0.568. The van der Waals surface area contributed by atoms with Crippen molar-refractivity contribution in [2.24, 2.45) is 11.8 Å². The number of rotatable bonds is 15. The minimum Gasteiger partial charge on any atom is -0.0839 e. The van der Waals surface area contributed by atoms with Gasteiger partial charge in [0, 0.05) is 11.1 Å². The zero-order valence-corrected chi connectivity index (χ0v) is 23.9. The van der Waals surface area contributed by atoms with E-state index in [2.05, 4.69) is 86.4 Å². The Morgan fingerprint density at radius 2 is 1.16 bits per heavy atom. The molecule has 2 aromatic carbocycles. The van der Waals surface area contributed by atoms with Crippen LogP contribution in [0.1, 0.15) is 139 Å². The van der Waals surface area contributed by atoms with Crippen molar-refractivity contribution in [1.82, 2.24) is 0 Å². The van der Waals surface area contributed by atoms with Gasteiger partial charge in [0.15, 0.2) is 0 Å². The van der Waals surface area contributed by atoms with Crippen LogP contribution in [0.3, 0.4) is 0 Å². The molecule has 0 heteroatoms. The van der Waals surface area contributed by atoms with Crippen LogP contribution >= 0.6 is 0 Å². The van der Waals surface area contributed by atoms with Crippen molar-refractivity contribution < 1.29 is 0 Å². The number of allylic oxidation sites excluding steroid dienone is 1. The molecule has 0 amide bonds. The molecule has 0 aromatic heterocycles. The summed E-state index contributed by atoms with van der Waals surface area (Å²) in [5.41, 5.74) is 4.92. The Balaban J connectivity index is 1.33. The van der Waals surface area contributed by atoms with E-state index in [1.807, 2.05) is 0 Å². The van der Waals surface area contributed by atoms with E-state index in [9.17, 15) is 0 Å². The molecule has 200 valence electrons. The maximum Gasteiger partial charge on any atom is 0.0249 e. The summed E-state index contributed by atoms with van der Waals surface area (Å²) in [7, 11) is 0. The Labute approximate surface area is 229 Å². The van der Waals surface area contributed by atoms with Crippen molar-refractivity contribution in [1.29, 1.82) is 0 Å². The molecule has 1 aliphatic carbocycles. The van der Waals surface area contributed by atoms with Gasteiger partial charge in [-0.1, -0.05) is 146 Å². The van der Waals surface area contributed by atoms with Crippen molar-refractivity contribution in [3.8, 4) is 11.8 Å². The zero-order valence-electron chi connectivity index (χ0n) is 23.9. The van der Waals surface area contributed by atoms with Gasteiger partial charge in [0.1, 0.15) is 0 Å². The Bertz CT molecular complexity index is 926. The summed E-state index contributed by atoms with van der Waals surface area (Å²) in [4.78, 5) is 0. The molecule has 0 unspecified atom stereocenters. The monoisotopic (exact) mass is 496 g/mol. The van der Waals surface area contributed by atoms with Crippen LogP contribution in [-0.2, 0) is 6.42 Å². The van der Waals surface area contributed by atoms with E-state index in [0.29, 0.717) is 0 Å². The lowest BCUT2D eigenvalue weighted by Gasteiger charge is -2.28. The highest BCUT2D eigenvalue weighted by Crippen LogP contribution is 2.34. The van der Waals surface area contributed by atoms with E-state index in [1.165, 1.54) is 120 Å². The lowest BCUT2D eigenvalue weighted by molar-refractivity contribution is 0.248. The maximum absolute atomic E-state index is 3.35. The summed E-state index contributed by atoms with van der Waals surface area (Å²) in [6.07, 6.45) is 28.1. The summed E-state index contributed by atoms with van der Waals surface area (Å²) in [5, 5.41) is 0. The van der Waals surface area contributed by atoms with E-state index in [-0.39, 0.29) is 0 Å². The van der Waals surface area contributed by atoms with E-state index >= 15 is 0 Å². The van der Waals surface area contributed by atoms with Gasteiger partial charge in [0.2, 0.25) is 0 Å². The van der Waals surface area contributed by atoms with E-state index in [4.69, 9.17) is 0 Å². The molecule has 0 spiro atoms. The smallest absolute Gasteiger partial charge is 0.0249 e. The van der Waals surface area contributed by atoms with E-state index < -0.39 is 0 Å². The Morgan fingerprint density at radius 3 is 1.81 bits per heavy atom. The van der Waals surface area contributed by atoms with Crippen molar-refractivity contribution in [3.63, 3.8) is 0 Å². The van der Waals surface area contributed by atoms with Crippen molar-refractivity contribution >= 4 is 6.08 Å². The average molecular weight is 497 g/mol. The topological polar surface area (TPSA) is 0 Å². The molecule has 37 heavy (non-hydrogen) atoms. The minimum absolute atomic E-state index is 0.939. The molecule has 0 saturated heterocycles. The molecule has 1 fully saturated rings. The van der Waals surface area contributed by atoms with E-state index in [0.717, 1.165) is 23.0 Å². The van der Waals surface area contributed by atoms with Crippen LogP contribution < -0.4 is 0 Å². The fourth-order valence-corrected chi connectivity index (χ4v) is 5.70. The van der Waals surface area contributed by atoms with Gasteiger partial charge in [0.25, 0.3) is 0 Å². The molecular weight excluding hydrogens is 444 g/mol. The van der Waals surface area contributed by atoms with Gasteiger partial charge < -0.3 is 0 Å². The van der Waals surface area contributed by atoms with Crippen LogP contribution in [0.4, 0.5) is 0 Å². The fourth-order valence-electron chi connectivity index (χ4n) is 5.70. The SMILES string of the molecule is CCCCC/C=C/c1ccc(C#Cc2ccc(CCC3CCC(CCCCCCCC)CC3)cc2)cc1. The molecular formula is C37H52. The highest BCUT2D eigenvalue weighted by atomic mass is 14.3. The van der Waals surface area contributed by atoms with Crippen LogP contribution in [0.2, 0.25) is 0 Å². The Kier molecular flexibility index (Phi) is 14.3. The normalized spacial score (nSPS) is 17.6. The molecule has 0 atom stereocenters. The van der Waals surface area contributed by atoms with Gasteiger partial charge in [0.05, 0.1) is 0 Å². The van der Waals surface area contributed by atoms with Crippen molar-refractivity contribution in [2.45, 2.75) is 123 Å². The highest BCUT2D eigenvalue weighted by Gasteiger charge is 2.20. The predicted molar refractivity (Wildman–Crippen MR) is 164 cm³/mol. The third kappa shape index (κ3) is 12.2. The van der Waals surface area contributed by atoms with Gasteiger partial charge in [-0.25, -0.2) is 0 Å². The lowest BCUT2D eigenvalue weighted by atomic mass is 9.77. The van der Waals surface area contributed by atoms with Crippen molar-refractivity contribution in [2.75, 3.05) is 0 Å². The van der Waals surface area contributed by atoms with Crippen LogP contribution in [0, 0.1) is 23.7 Å². The first-order valence-electron chi connectivity index (χ1n) is 15.6. The number of aryl methyl sites for hydroxylation is 1. The van der Waals surface area contributed by atoms with Gasteiger partial charge >= 0.3 is 0 Å². The third-order valence-corrected chi connectivity index (χ3v) is 8.27. The lowest BCUT2D eigenvalue weighted by Crippen LogP contribution is -2.15. The first-order chi connectivity index (χ1) is 18.3. The zero-order chi connectivity index (χ0) is 26.0. The minimum atomic E-state index is 0.939. The molecule has 1 saturated carbocycles. The molecule has 0 nitrogen and oxygen atoms in total. The quantitative estimate of drug-likeness (QED) is 0.170. The van der Waals surface area contributed by atoms with Gasteiger partial charge in [-0.2, -0.15) is 0 Å². The van der Waals surface area contributed by atoms with Crippen molar-refractivity contribution in [3.05, 3.63) is 76.9 Å². The van der Waals surface area contributed by atoms with E-state index in [1.54, 1.807) is 0 Å². The van der Waals surface area contributed by atoms with Gasteiger partial charge in [-0.15, -0.1) is 0 Å². The number of benzene rings is 2. The summed E-state index contributed by atoms with van der Waals surface area (Å²) in [6.45, 7) is 4.56. The van der Waals surface area contributed by atoms with Crippen LogP contribution in [0.25, 0.3) is 6.08 Å². The van der Waals surface area contributed by atoms with Gasteiger partial charge in [-0.3, -0.25) is 0 Å². The molecule has 0 aliphatic heterocycles. The summed E-state index contributed by atoms with van der Waals surface area (Å²) < 4.78 is 0. The molecule has 0 bridgehead atoms. The second kappa shape index (κ2) is 18.1.